The lowest BCUT2D eigenvalue weighted by atomic mass is 10.0. The molecule has 0 aliphatic carbocycles. The van der Waals surface area contributed by atoms with Gasteiger partial charge in [-0.3, -0.25) is 4.57 Å². The standard InChI is InChI=1S/C13H13O2P/c14-16(15)10-11-5-4-8-13(9-11)12-6-2-1-3-7-12/h1-9,16H,10H2,(H,14,15). The van der Waals surface area contributed by atoms with Crippen molar-refractivity contribution in [3.8, 4) is 11.1 Å². The Morgan fingerprint density at radius 1 is 0.938 bits per heavy atom. The fraction of sp³-hybridized carbons (Fsp3) is 0.0769. The molecule has 0 saturated heterocycles. The topological polar surface area (TPSA) is 37.3 Å². The first-order chi connectivity index (χ1) is 7.75. The quantitative estimate of drug-likeness (QED) is 0.824. The number of hydrogen-bond donors (Lipinski definition) is 1. The SMILES string of the molecule is O=[PH](O)Cc1cccc(-c2ccccc2)c1. The van der Waals surface area contributed by atoms with Crippen LogP contribution in [0.1, 0.15) is 5.56 Å². The second kappa shape index (κ2) is 5.11. The van der Waals surface area contributed by atoms with Gasteiger partial charge in [0.05, 0.1) is 0 Å². The molecule has 3 heteroatoms. The van der Waals surface area contributed by atoms with Crippen molar-refractivity contribution in [2.45, 2.75) is 6.16 Å². The van der Waals surface area contributed by atoms with E-state index in [0.29, 0.717) is 0 Å². The molecule has 1 atom stereocenters. The molecule has 0 heterocycles. The summed E-state index contributed by atoms with van der Waals surface area (Å²) in [5, 5.41) is 0. The van der Waals surface area contributed by atoms with E-state index in [4.69, 9.17) is 4.89 Å². The summed E-state index contributed by atoms with van der Waals surface area (Å²) in [6.45, 7) is 0. The van der Waals surface area contributed by atoms with Crippen LogP contribution in [0.4, 0.5) is 0 Å². The zero-order chi connectivity index (χ0) is 11.4. The smallest absolute Gasteiger partial charge is 0.193 e. The Balaban J connectivity index is 2.33. The Morgan fingerprint density at radius 3 is 2.31 bits per heavy atom. The molecular formula is C13H13O2P. The van der Waals surface area contributed by atoms with Gasteiger partial charge in [0.2, 0.25) is 0 Å². The fourth-order valence-corrected chi connectivity index (χ4v) is 2.24. The highest BCUT2D eigenvalue weighted by molar-refractivity contribution is 7.37. The summed E-state index contributed by atoms with van der Waals surface area (Å²) in [4.78, 5) is 8.91. The van der Waals surface area contributed by atoms with Gasteiger partial charge in [-0.05, 0) is 16.7 Å². The molecule has 16 heavy (non-hydrogen) atoms. The molecule has 0 aromatic heterocycles. The first-order valence-electron chi connectivity index (χ1n) is 5.12. The third kappa shape index (κ3) is 2.82. The van der Waals surface area contributed by atoms with E-state index in [1.54, 1.807) is 0 Å². The van der Waals surface area contributed by atoms with Gasteiger partial charge in [0, 0.05) is 6.16 Å². The van der Waals surface area contributed by atoms with E-state index in [-0.39, 0.29) is 6.16 Å². The maximum atomic E-state index is 10.8. The maximum Gasteiger partial charge on any atom is 0.193 e. The van der Waals surface area contributed by atoms with Gasteiger partial charge in [-0.2, -0.15) is 0 Å². The molecule has 1 N–H and O–H groups in total. The van der Waals surface area contributed by atoms with Gasteiger partial charge >= 0.3 is 0 Å². The summed E-state index contributed by atoms with van der Waals surface area (Å²) in [6, 6.07) is 17.8. The van der Waals surface area contributed by atoms with E-state index in [2.05, 4.69) is 0 Å². The highest BCUT2D eigenvalue weighted by Crippen LogP contribution is 2.25. The molecule has 0 radical (unpaired) electrons. The summed E-state index contributed by atoms with van der Waals surface area (Å²) >= 11 is 0. The van der Waals surface area contributed by atoms with Crippen LogP contribution in [-0.2, 0) is 10.7 Å². The Bertz CT molecular complexity index is 494. The van der Waals surface area contributed by atoms with Crippen molar-refractivity contribution in [1.29, 1.82) is 0 Å². The van der Waals surface area contributed by atoms with Gasteiger partial charge in [-0.1, -0.05) is 54.6 Å². The van der Waals surface area contributed by atoms with Crippen LogP contribution >= 0.6 is 8.03 Å². The van der Waals surface area contributed by atoms with E-state index in [0.717, 1.165) is 16.7 Å². The zero-order valence-corrected chi connectivity index (χ0v) is 9.76. The maximum absolute atomic E-state index is 10.8. The Kier molecular flexibility index (Phi) is 3.55. The Labute approximate surface area is 95.4 Å². The van der Waals surface area contributed by atoms with Gasteiger partial charge in [0.1, 0.15) is 0 Å². The van der Waals surface area contributed by atoms with Crippen LogP contribution in [-0.4, -0.2) is 4.89 Å². The van der Waals surface area contributed by atoms with Crippen molar-refractivity contribution >= 4 is 8.03 Å². The van der Waals surface area contributed by atoms with Crippen molar-refractivity contribution in [3.63, 3.8) is 0 Å². The van der Waals surface area contributed by atoms with E-state index < -0.39 is 8.03 Å². The summed E-state index contributed by atoms with van der Waals surface area (Å²) in [7, 11) is -2.43. The predicted molar refractivity (Wildman–Crippen MR) is 66.8 cm³/mol. The molecule has 2 nitrogen and oxygen atoms in total. The first-order valence-corrected chi connectivity index (χ1v) is 6.68. The highest BCUT2D eigenvalue weighted by atomic mass is 31.1. The van der Waals surface area contributed by atoms with Crippen molar-refractivity contribution in [3.05, 3.63) is 60.2 Å². The average Bonchev–Trinajstić information content (AvgIpc) is 2.30. The lowest BCUT2D eigenvalue weighted by Crippen LogP contribution is -1.82. The molecule has 2 aromatic rings. The molecule has 0 bridgehead atoms. The van der Waals surface area contributed by atoms with Crippen molar-refractivity contribution in [2.24, 2.45) is 0 Å². The number of hydrogen-bond acceptors (Lipinski definition) is 1. The highest BCUT2D eigenvalue weighted by Gasteiger charge is 2.00. The Morgan fingerprint density at radius 2 is 1.62 bits per heavy atom. The van der Waals surface area contributed by atoms with E-state index in [1.807, 2.05) is 54.6 Å². The fourth-order valence-electron chi connectivity index (χ4n) is 1.67. The molecule has 0 saturated carbocycles. The summed E-state index contributed by atoms with van der Waals surface area (Å²) in [5.41, 5.74) is 3.12. The zero-order valence-electron chi connectivity index (χ0n) is 8.76. The average molecular weight is 232 g/mol. The van der Waals surface area contributed by atoms with Crippen LogP contribution in [0.3, 0.4) is 0 Å². The largest absolute Gasteiger partial charge is 0.346 e. The van der Waals surface area contributed by atoms with Crippen molar-refractivity contribution < 1.29 is 9.46 Å². The first kappa shape index (κ1) is 11.1. The molecule has 2 rings (SSSR count). The van der Waals surface area contributed by atoms with E-state index in [9.17, 15) is 4.57 Å². The lowest BCUT2D eigenvalue weighted by Gasteiger charge is -2.04. The molecule has 2 aromatic carbocycles. The molecule has 0 fully saturated rings. The molecule has 82 valence electrons. The van der Waals surface area contributed by atoms with Gasteiger partial charge in [-0.15, -0.1) is 0 Å². The monoisotopic (exact) mass is 232 g/mol. The second-order valence-corrected chi connectivity index (χ2v) is 4.78. The molecule has 0 aliphatic heterocycles. The van der Waals surface area contributed by atoms with Gasteiger partial charge in [-0.25, -0.2) is 0 Å². The minimum absolute atomic E-state index is 0.255. The Hall–Kier alpha value is -1.37. The molecule has 0 spiro atoms. The minimum atomic E-state index is -2.43. The normalized spacial score (nSPS) is 12.3. The van der Waals surface area contributed by atoms with Crippen molar-refractivity contribution in [1.82, 2.24) is 0 Å². The molecule has 0 aliphatic rings. The third-order valence-corrected chi connectivity index (χ3v) is 3.10. The van der Waals surface area contributed by atoms with Gasteiger partial charge in [0.25, 0.3) is 0 Å². The van der Waals surface area contributed by atoms with Crippen LogP contribution in [0.2, 0.25) is 0 Å². The summed E-state index contributed by atoms with van der Waals surface area (Å²) in [5.74, 6) is 0. The second-order valence-electron chi connectivity index (χ2n) is 3.64. The molecule has 1 unspecified atom stereocenters. The van der Waals surface area contributed by atoms with Gasteiger partial charge in [0.15, 0.2) is 8.03 Å². The third-order valence-electron chi connectivity index (χ3n) is 2.39. The van der Waals surface area contributed by atoms with Crippen LogP contribution in [0.15, 0.2) is 54.6 Å². The van der Waals surface area contributed by atoms with Gasteiger partial charge < -0.3 is 4.89 Å². The van der Waals surface area contributed by atoms with E-state index >= 15 is 0 Å². The molecular weight excluding hydrogens is 219 g/mol. The predicted octanol–water partition coefficient (Wildman–Crippen LogP) is 3.32. The van der Waals surface area contributed by atoms with Crippen LogP contribution in [0, 0.1) is 0 Å². The summed E-state index contributed by atoms with van der Waals surface area (Å²) < 4.78 is 10.8. The van der Waals surface area contributed by atoms with Crippen molar-refractivity contribution in [2.75, 3.05) is 0 Å². The minimum Gasteiger partial charge on any atom is -0.346 e. The molecule has 0 amide bonds. The number of benzene rings is 2. The summed E-state index contributed by atoms with van der Waals surface area (Å²) in [6.07, 6.45) is 0.255. The van der Waals surface area contributed by atoms with E-state index in [1.165, 1.54) is 0 Å². The van der Waals surface area contributed by atoms with Crippen LogP contribution < -0.4 is 0 Å². The number of rotatable bonds is 3. The van der Waals surface area contributed by atoms with Crippen LogP contribution in [0.5, 0.6) is 0 Å². The van der Waals surface area contributed by atoms with Crippen LogP contribution in [0.25, 0.3) is 11.1 Å². The lowest BCUT2D eigenvalue weighted by molar-refractivity contribution is 0.502.